The van der Waals surface area contributed by atoms with Crippen molar-refractivity contribution in [2.24, 2.45) is 0 Å². The first-order valence-electron chi connectivity index (χ1n) is 10.7. The summed E-state index contributed by atoms with van der Waals surface area (Å²) in [6.45, 7) is 3.23. The van der Waals surface area contributed by atoms with Crippen molar-refractivity contribution >= 4 is 34.7 Å². The Morgan fingerprint density at radius 2 is 1.88 bits per heavy atom. The Bertz CT molecular complexity index is 1250. The van der Waals surface area contributed by atoms with E-state index in [1.807, 2.05) is 23.6 Å². The molecule has 6 rings (SSSR count). The molecule has 7 nitrogen and oxygen atoms in total. The molecule has 168 valence electrons. The molecule has 2 aliphatic heterocycles. The number of hydrogen-bond acceptors (Lipinski definition) is 8. The first-order valence-corrected chi connectivity index (χ1v) is 12.4. The number of benzene rings is 1. The van der Waals surface area contributed by atoms with E-state index in [-0.39, 0.29) is 23.0 Å². The highest BCUT2D eigenvalue weighted by Gasteiger charge is 2.44. The van der Waals surface area contributed by atoms with Gasteiger partial charge in [-0.15, -0.1) is 16.4 Å². The predicted molar refractivity (Wildman–Crippen MR) is 125 cm³/mol. The van der Waals surface area contributed by atoms with E-state index >= 15 is 0 Å². The summed E-state index contributed by atoms with van der Waals surface area (Å²) < 4.78 is 20.1. The second-order valence-electron chi connectivity index (χ2n) is 7.94. The van der Waals surface area contributed by atoms with Gasteiger partial charge in [0.2, 0.25) is 5.82 Å². The number of furan rings is 1. The van der Waals surface area contributed by atoms with E-state index in [0.717, 1.165) is 36.7 Å². The molecule has 3 aromatic heterocycles. The zero-order chi connectivity index (χ0) is 22.4. The lowest BCUT2D eigenvalue weighted by Crippen LogP contribution is -2.50. The molecule has 2 aliphatic rings. The Morgan fingerprint density at radius 3 is 2.55 bits per heavy atom. The van der Waals surface area contributed by atoms with Crippen molar-refractivity contribution in [2.75, 3.05) is 31.1 Å². The number of halogens is 1. The van der Waals surface area contributed by atoms with Gasteiger partial charge in [-0.1, -0.05) is 17.8 Å². The topological polar surface area (TPSA) is 67.4 Å². The smallest absolute Gasteiger partial charge is 0.264 e. The minimum absolute atomic E-state index is 0.0559. The maximum absolute atomic E-state index is 13.4. The van der Waals surface area contributed by atoms with Crippen molar-refractivity contribution in [3.8, 4) is 11.6 Å². The molecule has 0 saturated carbocycles. The quantitative estimate of drug-likeness (QED) is 0.418. The molecule has 0 spiro atoms. The van der Waals surface area contributed by atoms with Gasteiger partial charge in [0.1, 0.15) is 11.1 Å². The minimum Gasteiger partial charge on any atom is -0.461 e. The number of nitrogens with zero attached hydrogens (tertiary/aromatic N) is 5. The molecule has 0 amide bonds. The van der Waals surface area contributed by atoms with E-state index in [0.29, 0.717) is 16.7 Å². The van der Waals surface area contributed by atoms with Gasteiger partial charge in [0, 0.05) is 36.7 Å². The molecule has 10 heteroatoms. The summed E-state index contributed by atoms with van der Waals surface area (Å²) in [6, 6.07) is 14.2. The molecular formula is C23H20FN5O2S2. The molecule has 1 aromatic carbocycles. The van der Waals surface area contributed by atoms with Crippen LogP contribution in [0.4, 0.5) is 10.1 Å². The van der Waals surface area contributed by atoms with Crippen LogP contribution in [-0.4, -0.2) is 57.0 Å². The van der Waals surface area contributed by atoms with Crippen LogP contribution in [0.5, 0.6) is 0 Å². The van der Waals surface area contributed by atoms with Gasteiger partial charge >= 0.3 is 0 Å². The molecule has 0 aliphatic carbocycles. The molecule has 1 saturated heterocycles. The average molecular weight is 482 g/mol. The second kappa shape index (κ2) is 8.44. The fourth-order valence-electron chi connectivity index (χ4n) is 4.40. The van der Waals surface area contributed by atoms with Crippen molar-refractivity contribution in [3.63, 3.8) is 0 Å². The van der Waals surface area contributed by atoms with Gasteiger partial charge in [0.05, 0.1) is 12.3 Å². The standard InChI is InChI=1S/C23H20FN5O2S2/c24-15-5-7-16(8-6-15)27-9-11-28(12-10-27)19(18-4-2-14-32-18)20-22(30)29-23(33-20)25-21(26-29)17-3-1-13-31-17/h1-8,13-14,19-20H,9-12H2. The van der Waals surface area contributed by atoms with Crippen LogP contribution in [0.2, 0.25) is 0 Å². The molecule has 33 heavy (non-hydrogen) atoms. The van der Waals surface area contributed by atoms with Crippen molar-refractivity contribution < 1.29 is 13.6 Å². The number of carbonyl (C=O) groups excluding carboxylic acids is 1. The highest BCUT2D eigenvalue weighted by atomic mass is 32.2. The van der Waals surface area contributed by atoms with E-state index in [4.69, 9.17) is 4.42 Å². The number of carbonyl (C=O) groups is 1. The number of thiophene rings is 1. The highest BCUT2D eigenvalue weighted by molar-refractivity contribution is 8.01. The lowest BCUT2D eigenvalue weighted by atomic mass is 10.1. The minimum atomic E-state index is -0.318. The largest absolute Gasteiger partial charge is 0.461 e. The van der Waals surface area contributed by atoms with Crippen LogP contribution >= 0.6 is 23.1 Å². The fourth-order valence-corrected chi connectivity index (χ4v) is 6.63. The second-order valence-corrected chi connectivity index (χ2v) is 10.0. The first-order chi connectivity index (χ1) is 16.2. The van der Waals surface area contributed by atoms with Crippen LogP contribution < -0.4 is 4.90 Å². The molecule has 0 N–H and O–H groups in total. The molecule has 5 heterocycles. The monoisotopic (exact) mass is 481 g/mol. The lowest BCUT2D eigenvalue weighted by Gasteiger charge is -2.41. The number of anilines is 1. The lowest BCUT2D eigenvalue weighted by molar-refractivity contribution is 0.0832. The zero-order valence-corrected chi connectivity index (χ0v) is 19.1. The Balaban J connectivity index is 1.23. The maximum atomic E-state index is 13.4. The van der Waals surface area contributed by atoms with Crippen LogP contribution in [0.3, 0.4) is 0 Å². The Hall–Kier alpha value is -2.95. The third-order valence-corrected chi connectivity index (χ3v) is 8.16. The number of aromatic nitrogens is 3. The zero-order valence-electron chi connectivity index (χ0n) is 17.5. The summed E-state index contributed by atoms with van der Waals surface area (Å²) in [5, 5.41) is 6.75. The van der Waals surface area contributed by atoms with Crippen molar-refractivity contribution in [3.05, 3.63) is 70.9 Å². The predicted octanol–water partition coefficient (Wildman–Crippen LogP) is 4.42. The van der Waals surface area contributed by atoms with Crippen molar-refractivity contribution in [2.45, 2.75) is 16.4 Å². The molecular weight excluding hydrogens is 461 g/mol. The first kappa shape index (κ1) is 20.6. The van der Waals surface area contributed by atoms with E-state index in [2.05, 4.69) is 25.9 Å². The molecule has 4 aromatic rings. The molecule has 2 atom stereocenters. The fraction of sp³-hybridized carbons (Fsp3) is 0.261. The van der Waals surface area contributed by atoms with E-state index in [9.17, 15) is 9.18 Å². The van der Waals surface area contributed by atoms with E-state index in [1.165, 1.54) is 28.6 Å². The number of piperazine rings is 1. The highest BCUT2D eigenvalue weighted by Crippen LogP contribution is 2.43. The number of rotatable bonds is 5. The molecule has 2 unspecified atom stereocenters. The van der Waals surface area contributed by atoms with Gasteiger partial charge < -0.3 is 9.32 Å². The number of hydrogen-bond donors (Lipinski definition) is 0. The Labute approximate surface area is 197 Å². The van der Waals surface area contributed by atoms with Crippen LogP contribution in [-0.2, 0) is 0 Å². The van der Waals surface area contributed by atoms with Gasteiger partial charge in [-0.25, -0.2) is 4.39 Å². The third-order valence-electron chi connectivity index (χ3n) is 6.02. The SMILES string of the molecule is O=C1C(C(c2cccs2)N2CCN(c3ccc(F)cc3)CC2)Sc2nc(-c3ccco3)nn21. The van der Waals surface area contributed by atoms with Gasteiger partial charge in [0.25, 0.3) is 5.91 Å². The number of thioether (sulfide) groups is 1. The Kier molecular flexibility index (Phi) is 5.28. The summed E-state index contributed by atoms with van der Waals surface area (Å²) in [5.74, 6) is 0.691. The third kappa shape index (κ3) is 3.77. The van der Waals surface area contributed by atoms with Gasteiger partial charge in [-0.2, -0.15) is 9.67 Å². The molecule has 0 radical (unpaired) electrons. The number of fused-ring (bicyclic) bond motifs is 1. The van der Waals surface area contributed by atoms with Crippen LogP contribution in [0.25, 0.3) is 11.6 Å². The maximum Gasteiger partial charge on any atom is 0.264 e. The van der Waals surface area contributed by atoms with Crippen molar-refractivity contribution in [1.29, 1.82) is 0 Å². The van der Waals surface area contributed by atoms with Crippen LogP contribution in [0, 0.1) is 5.82 Å². The summed E-state index contributed by atoms with van der Waals surface area (Å²) in [4.78, 5) is 23.8. The normalized spacial score (nSPS) is 19.7. The Morgan fingerprint density at radius 1 is 1.06 bits per heavy atom. The van der Waals surface area contributed by atoms with E-state index in [1.54, 1.807) is 29.7 Å². The van der Waals surface area contributed by atoms with Gasteiger partial charge in [-0.05, 0) is 47.8 Å². The average Bonchev–Trinajstić information content (AvgIpc) is 3.63. The van der Waals surface area contributed by atoms with Crippen LogP contribution in [0.1, 0.15) is 15.7 Å². The van der Waals surface area contributed by atoms with Crippen molar-refractivity contribution in [1.82, 2.24) is 19.7 Å². The summed E-state index contributed by atoms with van der Waals surface area (Å²) in [7, 11) is 0. The van der Waals surface area contributed by atoms with E-state index < -0.39 is 0 Å². The summed E-state index contributed by atoms with van der Waals surface area (Å²) in [5.41, 5.74) is 1.02. The summed E-state index contributed by atoms with van der Waals surface area (Å²) >= 11 is 3.14. The summed E-state index contributed by atoms with van der Waals surface area (Å²) in [6.07, 6.45) is 1.57. The molecule has 1 fully saturated rings. The van der Waals surface area contributed by atoms with Gasteiger partial charge in [-0.3, -0.25) is 9.69 Å². The van der Waals surface area contributed by atoms with Gasteiger partial charge in [0.15, 0.2) is 10.9 Å². The molecule has 0 bridgehead atoms. The van der Waals surface area contributed by atoms with Crippen LogP contribution in [0.15, 0.2) is 69.7 Å².